The number of fused-ring (bicyclic) bond motifs is 1. The number of carbonyl (C=O) groups excluding carboxylic acids is 1. The highest BCUT2D eigenvalue weighted by atomic mass is 32.2. The second kappa shape index (κ2) is 10.4. The number of benzene rings is 1. The van der Waals surface area contributed by atoms with E-state index >= 15 is 0 Å². The van der Waals surface area contributed by atoms with Crippen molar-refractivity contribution in [3.63, 3.8) is 0 Å². The Morgan fingerprint density at radius 2 is 1.72 bits per heavy atom. The van der Waals surface area contributed by atoms with Crippen LogP contribution in [0.1, 0.15) is 110 Å². The van der Waals surface area contributed by atoms with Crippen molar-refractivity contribution in [3.05, 3.63) is 33.4 Å². The van der Waals surface area contributed by atoms with E-state index in [1.807, 2.05) is 6.92 Å². The molecule has 0 saturated carbocycles. The lowest BCUT2D eigenvalue weighted by molar-refractivity contribution is -0.00196. The van der Waals surface area contributed by atoms with Gasteiger partial charge in [-0.25, -0.2) is 4.79 Å². The number of hydrogen-bond donors (Lipinski definition) is 0. The zero-order valence-corrected chi connectivity index (χ0v) is 25.8. The van der Waals surface area contributed by atoms with Crippen LogP contribution in [0.25, 0.3) is 0 Å². The first-order valence-electron chi connectivity index (χ1n) is 13.9. The summed E-state index contributed by atoms with van der Waals surface area (Å²) in [5, 5.41) is -0.263. The minimum absolute atomic E-state index is 0.199. The molecule has 0 aromatic heterocycles. The summed E-state index contributed by atoms with van der Waals surface area (Å²) in [6, 6.07) is 0. The fourth-order valence-corrected chi connectivity index (χ4v) is 7.43. The van der Waals surface area contributed by atoms with Gasteiger partial charge in [0.25, 0.3) is 0 Å². The van der Waals surface area contributed by atoms with E-state index in [-0.39, 0.29) is 16.3 Å². The number of ether oxygens (including phenoxy) is 2. The van der Waals surface area contributed by atoms with Gasteiger partial charge in [-0.2, -0.15) is 0 Å². The molecule has 1 aromatic rings. The van der Waals surface area contributed by atoms with Crippen LogP contribution in [0.2, 0.25) is 0 Å². The van der Waals surface area contributed by atoms with Crippen LogP contribution < -0.4 is 9.47 Å². The molecule has 0 bridgehead atoms. The number of thioether (sulfide) groups is 1. The van der Waals surface area contributed by atoms with Gasteiger partial charge >= 0.3 is 5.30 Å². The summed E-state index contributed by atoms with van der Waals surface area (Å²) in [5.41, 5.74) is 7.91. The Morgan fingerprint density at radius 1 is 1.08 bits per heavy atom. The predicted octanol–water partition coefficient (Wildman–Crippen LogP) is 9.77. The van der Waals surface area contributed by atoms with Crippen molar-refractivity contribution in [2.75, 3.05) is 6.26 Å². The standard InChI is InChI=1S/C32H50O3S/c1-13-30(9,17-26-20(4)19(3)24(8)32(26,11)14-2)18-31(10)16-15-25-23(7)27(34-29(33)36-12)21(5)22(6)28(25)35-31/h24,26H,13-18H2,1-12H3. The van der Waals surface area contributed by atoms with Gasteiger partial charge < -0.3 is 9.47 Å². The van der Waals surface area contributed by atoms with Gasteiger partial charge in [-0.1, -0.05) is 52.2 Å². The Balaban J connectivity index is 1.91. The maximum atomic E-state index is 12.0. The minimum atomic E-state index is -0.263. The van der Waals surface area contributed by atoms with E-state index in [9.17, 15) is 4.79 Å². The monoisotopic (exact) mass is 514 g/mol. The van der Waals surface area contributed by atoms with Gasteiger partial charge in [-0.3, -0.25) is 0 Å². The molecule has 1 heterocycles. The molecule has 1 aromatic carbocycles. The molecule has 0 spiro atoms. The highest BCUT2D eigenvalue weighted by molar-refractivity contribution is 8.12. The Morgan fingerprint density at radius 3 is 2.28 bits per heavy atom. The van der Waals surface area contributed by atoms with Crippen LogP contribution in [0.15, 0.2) is 11.1 Å². The molecule has 5 atom stereocenters. The molecule has 202 valence electrons. The molecule has 2 aliphatic rings. The smallest absolute Gasteiger partial charge is 0.372 e. The zero-order chi connectivity index (χ0) is 27.2. The quantitative estimate of drug-likeness (QED) is 0.268. The molecular formula is C32H50O3S. The zero-order valence-electron chi connectivity index (χ0n) is 25.0. The van der Waals surface area contributed by atoms with Gasteiger partial charge in [0, 0.05) is 5.56 Å². The van der Waals surface area contributed by atoms with E-state index in [0.717, 1.165) is 59.9 Å². The van der Waals surface area contributed by atoms with Crippen LogP contribution in [0, 0.1) is 43.4 Å². The molecule has 1 aliphatic carbocycles. The lowest BCUT2D eigenvalue weighted by Crippen LogP contribution is -2.43. The van der Waals surface area contributed by atoms with Gasteiger partial charge in [0.15, 0.2) is 0 Å². The first kappa shape index (κ1) is 29.1. The molecule has 3 rings (SSSR count). The average Bonchev–Trinajstić information content (AvgIpc) is 3.00. The number of allylic oxidation sites excluding steroid dienone is 2. The summed E-state index contributed by atoms with van der Waals surface area (Å²) in [4.78, 5) is 12.0. The molecule has 0 amide bonds. The summed E-state index contributed by atoms with van der Waals surface area (Å²) in [6.07, 6.45) is 8.32. The normalized spacial score (nSPS) is 29.6. The molecule has 0 N–H and O–H groups in total. The highest BCUT2D eigenvalue weighted by Crippen LogP contribution is 2.58. The van der Waals surface area contributed by atoms with E-state index in [1.54, 1.807) is 17.4 Å². The van der Waals surface area contributed by atoms with Crippen LogP contribution >= 0.6 is 11.8 Å². The second-order valence-electron chi connectivity index (χ2n) is 12.7. The van der Waals surface area contributed by atoms with Gasteiger partial charge in [-0.15, -0.1) is 0 Å². The van der Waals surface area contributed by atoms with E-state index in [1.165, 1.54) is 18.4 Å². The molecule has 0 fully saturated rings. The summed E-state index contributed by atoms with van der Waals surface area (Å²) >= 11 is 1.11. The van der Waals surface area contributed by atoms with Crippen molar-refractivity contribution in [1.29, 1.82) is 0 Å². The maximum absolute atomic E-state index is 12.0. The molecule has 0 saturated heterocycles. The third-order valence-corrected chi connectivity index (χ3v) is 11.0. The van der Waals surface area contributed by atoms with Crippen molar-refractivity contribution >= 4 is 17.1 Å². The molecule has 1 aliphatic heterocycles. The summed E-state index contributed by atoms with van der Waals surface area (Å²) < 4.78 is 12.7. The maximum Gasteiger partial charge on any atom is 0.372 e. The van der Waals surface area contributed by atoms with E-state index in [0.29, 0.717) is 23.0 Å². The summed E-state index contributed by atoms with van der Waals surface area (Å²) in [6.45, 7) is 25.5. The Labute approximate surface area is 225 Å². The first-order chi connectivity index (χ1) is 16.7. The van der Waals surface area contributed by atoms with E-state index < -0.39 is 0 Å². The van der Waals surface area contributed by atoms with Crippen molar-refractivity contribution in [3.8, 4) is 11.5 Å². The van der Waals surface area contributed by atoms with Crippen LogP contribution in [0.4, 0.5) is 4.79 Å². The molecule has 36 heavy (non-hydrogen) atoms. The molecular weight excluding hydrogens is 464 g/mol. The lowest BCUT2D eigenvalue weighted by atomic mass is 9.62. The minimum Gasteiger partial charge on any atom is -0.487 e. The van der Waals surface area contributed by atoms with Crippen LogP contribution in [-0.2, 0) is 6.42 Å². The number of carbonyl (C=O) groups is 1. The SMILES string of the molecule is CCC(C)(CC1C(C)=C(C)C(C)C1(C)CC)CC1(C)CCc2c(C)c(OC(=O)SC)c(C)c(C)c2O1. The van der Waals surface area contributed by atoms with Crippen LogP contribution in [-0.4, -0.2) is 17.2 Å². The van der Waals surface area contributed by atoms with Crippen molar-refractivity contribution < 1.29 is 14.3 Å². The van der Waals surface area contributed by atoms with Crippen molar-refractivity contribution in [2.45, 2.75) is 120 Å². The summed E-state index contributed by atoms with van der Waals surface area (Å²) in [5.74, 6) is 3.00. The highest BCUT2D eigenvalue weighted by Gasteiger charge is 2.49. The van der Waals surface area contributed by atoms with Crippen molar-refractivity contribution in [2.24, 2.45) is 22.7 Å². The average molecular weight is 515 g/mol. The van der Waals surface area contributed by atoms with Gasteiger partial charge in [0.1, 0.15) is 17.1 Å². The third-order valence-electron chi connectivity index (χ3n) is 10.6. The van der Waals surface area contributed by atoms with Crippen LogP contribution in [0.3, 0.4) is 0 Å². The number of rotatable bonds is 7. The summed E-state index contributed by atoms with van der Waals surface area (Å²) in [7, 11) is 0. The second-order valence-corrected chi connectivity index (χ2v) is 13.4. The van der Waals surface area contributed by atoms with Gasteiger partial charge in [-0.05, 0) is 131 Å². The fourth-order valence-electron chi connectivity index (χ4n) is 7.27. The molecule has 4 heteroatoms. The fraction of sp³-hybridized carbons (Fsp3) is 0.719. The Bertz CT molecular complexity index is 1060. The van der Waals surface area contributed by atoms with Crippen LogP contribution in [0.5, 0.6) is 11.5 Å². The Kier molecular flexibility index (Phi) is 8.41. The molecule has 3 nitrogen and oxygen atoms in total. The number of hydrogen-bond acceptors (Lipinski definition) is 4. The van der Waals surface area contributed by atoms with E-state index in [2.05, 4.69) is 69.2 Å². The lowest BCUT2D eigenvalue weighted by Gasteiger charge is -2.46. The largest absolute Gasteiger partial charge is 0.487 e. The third kappa shape index (κ3) is 5.00. The van der Waals surface area contributed by atoms with Gasteiger partial charge in [0.05, 0.1) is 0 Å². The first-order valence-corrected chi connectivity index (χ1v) is 15.1. The van der Waals surface area contributed by atoms with Crippen molar-refractivity contribution in [1.82, 2.24) is 0 Å². The molecule has 5 unspecified atom stereocenters. The predicted molar refractivity (Wildman–Crippen MR) is 155 cm³/mol. The topological polar surface area (TPSA) is 35.5 Å². The Hall–Kier alpha value is -1.42. The molecule has 0 radical (unpaired) electrons. The van der Waals surface area contributed by atoms with E-state index in [4.69, 9.17) is 9.47 Å². The van der Waals surface area contributed by atoms with Gasteiger partial charge in [0.2, 0.25) is 0 Å².